The number of carboxylic acid groups (broad SMARTS) is 1. The Hall–Kier alpha value is -1.14. The van der Waals surface area contributed by atoms with E-state index in [9.17, 15) is 9.59 Å². The molecular weight excluding hydrogens is 272 g/mol. The lowest BCUT2D eigenvalue weighted by molar-refractivity contribution is -0.147. The van der Waals surface area contributed by atoms with Crippen LogP contribution in [0, 0.1) is 5.41 Å². The molecule has 2 saturated heterocycles. The third kappa shape index (κ3) is 4.17. The van der Waals surface area contributed by atoms with Crippen molar-refractivity contribution in [2.75, 3.05) is 39.3 Å². The lowest BCUT2D eigenvalue weighted by Gasteiger charge is -2.36. The van der Waals surface area contributed by atoms with Gasteiger partial charge in [-0.1, -0.05) is 0 Å². The van der Waals surface area contributed by atoms with E-state index in [0.29, 0.717) is 26.1 Å². The third-order valence-electron chi connectivity index (χ3n) is 4.52. The van der Waals surface area contributed by atoms with Gasteiger partial charge in [0.05, 0.1) is 5.41 Å². The number of hydrogen-bond acceptors (Lipinski definition) is 4. The first-order chi connectivity index (χ1) is 9.90. The number of hydrogen-bond donors (Lipinski definition) is 1. The number of nitrogens with zero attached hydrogens (tertiary/aromatic N) is 2. The Morgan fingerprint density at radius 2 is 1.90 bits per heavy atom. The van der Waals surface area contributed by atoms with Gasteiger partial charge in [0, 0.05) is 32.8 Å². The number of carbonyl (C=O) groups excluding carboxylic acids is 1. The van der Waals surface area contributed by atoms with Crippen LogP contribution in [0.2, 0.25) is 0 Å². The molecule has 0 aromatic heterocycles. The molecule has 120 valence electrons. The SMILES string of the molecule is CC(C)(CCN1CCN(C(=O)C2CCCO2)CC1)C(=O)O. The van der Waals surface area contributed by atoms with Crippen molar-refractivity contribution in [3.63, 3.8) is 0 Å². The zero-order valence-corrected chi connectivity index (χ0v) is 13.0. The molecular formula is C15H26N2O4. The van der Waals surface area contributed by atoms with Gasteiger partial charge in [0.25, 0.3) is 5.91 Å². The summed E-state index contributed by atoms with van der Waals surface area (Å²) in [5, 5.41) is 9.12. The Morgan fingerprint density at radius 1 is 1.24 bits per heavy atom. The molecule has 2 heterocycles. The predicted octanol–water partition coefficient (Wildman–Crippen LogP) is 0.810. The van der Waals surface area contributed by atoms with Crippen molar-refractivity contribution in [1.29, 1.82) is 0 Å². The van der Waals surface area contributed by atoms with Crippen molar-refractivity contribution in [2.24, 2.45) is 5.41 Å². The largest absolute Gasteiger partial charge is 0.481 e. The zero-order chi connectivity index (χ0) is 15.5. The van der Waals surface area contributed by atoms with Crippen LogP contribution in [0.4, 0.5) is 0 Å². The maximum Gasteiger partial charge on any atom is 0.309 e. The van der Waals surface area contributed by atoms with E-state index in [1.807, 2.05) is 4.90 Å². The topological polar surface area (TPSA) is 70.1 Å². The normalized spacial score (nSPS) is 24.3. The van der Waals surface area contributed by atoms with Gasteiger partial charge in [0.1, 0.15) is 6.10 Å². The monoisotopic (exact) mass is 298 g/mol. The van der Waals surface area contributed by atoms with Crippen LogP contribution in [0.3, 0.4) is 0 Å². The fourth-order valence-electron chi connectivity index (χ4n) is 2.71. The molecule has 2 rings (SSSR count). The molecule has 2 aliphatic heterocycles. The fourth-order valence-corrected chi connectivity index (χ4v) is 2.71. The summed E-state index contributed by atoms with van der Waals surface area (Å²) < 4.78 is 5.44. The second-order valence-corrected chi connectivity index (χ2v) is 6.61. The highest BCUT2D eigenvalue weighted by Gasteiger charge is 2.31. The molecule has 6 nitrogen and oxygen atoms in total. The molecule has 0 bridgehead atoms. The zero-order valence-electron chi connectivity index (χ0n) is 13.0. The van der Waals surface area contributed by atoms with E-state index in [0.717, 1.165) is 32.5 Å². The first-order valence-corrected chi connectivity index (χ1v) is 7.76. The third-order valence-corrected chi connectivity index (χ3v) is 4.52. The van der Waals surface area contributed by atoms with E-state index < -0.39 is 11.4 Å². The van der Waals surface area contributed by atoms with Gasteiger partial charge in [0.2, 0.25) is 0 Å². The van der Waals surface area contributed by atoms with Crippen LogP contribution < -0.4 is 0 Å². The maximum absolute atomic E-state index is 12.2. The van der Waals surface area contributed by atoms with E-state index in [-0.39, 0.29) is 12.0 Å². The molecule has 1 unspecified atom stereocenters. The molecule has 2 fully saturated rings. The minimum Gasteiger partial charge on any atom is -0.481 e. The standard InChI is InChI=1S/C15H26N2O4/c1-15(2,14(19)20)5-6-16-7-9-17(10-8-16)13(18)12-4-3-11-21-12/h12H,3-11H2,1-2H3,(H,19,20). The molecule has 1 amide bonds. The van der Waals surface area contributed by atoms with Crippen LogP contribution in [-0.4, -0.2) is 72.2 Å². The molecule has 0 aromatic carbocycles. The molecule has 0 radical (unpaired) electrons. The second-order valence-electron chi connectivity index (χ2n) is 6.61. The Kier molecular flexibility index (Phi) is 5.22. The van der Waals surface area contributed by atoms with Gasteiger partial charge in [-0.2, -0.15) is 0 Å². The number of piperazine rings is 1. The number of ether oxygens (including phenoxy) is 1. The molecule has 2 aliphatic rings. The summed E-state index contributed by atoms with van der Waals surface area (Å²) in [6.07, 6.45) is 2.21. The summed E-state index contributed by atoms with van der Waals surface area (Å²) in [6, 6.07) is 0. The van der Waals surface area contributed by atoms with Crippen LogP contribution in [-0.2, 0) is 14.3 Å². The van der Waals surface area contributed by atoms with Crippen LogP contribution >= 0.6 is 0 Å². The second kappa shape index (κ2) is 6.75. The molecule has 0 spiro atoms. The van der Waals surface area contributed by atoms with E-state index >= 15 is 0 Å². The number of aliphatic carboxylic acids is 1. The van der Waals surface area contributed by atoms with Crippen LogP contribution in [0.25, 0.3) is 0 Å². The number of amides is 1. The highest BCUT2D eigenvalue weighted by atomic mass is 16.5. The number of carboxylic acids is 1. The quantitative estimate of drug-likeness (QED) is 0.813. The maximum atomic E-state index is 12.2. The Balaban J connectivity index is 1.73. The van der Waals surface area contributed by atoms with Gasteiger partial charge in [-0.25, -0.2) is 0 Å². The lowest BCUT2D eigenvalue weighted by Crippen LogP contribution is -2.51. The molecule has 0 aromatic rings. The predicted molar refractivity (Wildman–Crippen MR) is 78.0 cm³/mol. The van der Waals surface area contributed by atoms with Gasteiger partial charge in [0.15, 0.2) is 0 Å². The van der Waals surface area contributed by atoms with Crippen molar-refractivity contribution >= 4 is 11.9 Å². The summed E-state index contributed by atoms with van der Waals surface area (Å²) in [7, 11) is 0. The van der Waals surface area contributed by atoms with Crippen LogP contribution in [0.5, 0.6) is 0 Å². The number of carbonyl (C=O) groups is 2. The molecule has 0 saturated carbocycles. The number of rotatable bonds is 5. The first-order valence-electron chi connectivity index (χ1n) is 7.76. The summed E-state index contributed by atoms with van der Waals surface area (Å²) >= 11 is 0. The fraction of sp³-hybridized carbons (Fsp3) is 0.867. The van der Waals surface area contributed by atoms with Gasteiger partial charge in [-0.05, 0) is 39.7 Å². The van der Waals surface area contributed by atoms with Crippen molar-refractivity contribution in [3.8, 4) is 0 Å². The summed E-state index contributed by atoms with van der Waals surface area (Å²) in [4.78, 5) is 27.4. The lowest BCUT2D eigenvalue weighted by atomic mass is 9.89. The van der Waals surface area contributed by atoms with Crippen molar-refractivity contribution in [1.82, 2.24) is 9.80 Å². The summed E-state index contributed by atoms with van der Waals surface area (Å²) in [6.45, 7) is 8.03. The van der Waals surface area contributed by atoms with Gasteiger partial charge in [-0.15, -0.1) is 0 Å². The van der Waals surface area contributed by atoms with Crippen molar-refractivity contribution < 1.29 is 19.4 Å². The van der Waals surface area contributed by atoms with Crippen LogP contribution in [0.15, 0.2) is 0 Å². The summed E-state index contributed by atoms with van der Waals surface area (Å²) in [5.74, 6) is -0.632. The van der Waals surface area contributed by atoms with Gasteiger partial charge >= 0.3 is 5.97 Å². The van der Waals surface area contributed by atoms with Gasteiger partial charge < -0.3 is 14.7 Å². The van der Waals surface area contributed by atoms with E-state index in [1.165, 1.54) is 0 Å². The average Bonchev–Trinajstić information content (AvgIpc) is 2.99. The average molecular weight is 298 g/mol. The van der Waals surface area contributed by atoms with Crippen molar-refractivity contribution in [3.05, 3.63) is 0 Å². The Labute approximate surface area is 126 Å². The molecule has 1 atom stereocenters. The molecule has 0 aliphatic carbocycles. The van der Waals surface area contributed by atoms with Gasteiger partial charge in [-0.3, -0.25) is 14.5 Å². The Morgan fingerprint density at radius 3 is 2.43 bits per heavy atom. The molecule has 1 N–H and O–H groups in total. The molecule has 6 heteroatoms. The first kappa shape index (κ1) is 16.2. The highest BCUT2D eigenvalue weighted by Crippen LogP contribution is 2.21. The highest BCUT2D eigenvalue weighted by molar-refractivity contribution is 5.81. The van der Waals surface area contributed by atoms with Crippen molar-refractivity contribution in [2.45, 2.75) is 39.2 Å². The Bertz CT molecular complexity index is 383. The van der Waals surface area contributed by atoms with E-state index in [1.54, 1.807) is 13.8 Å². The molecule has 21 heavy (non-hydrogen) atoms. The van der Waals surface area contributed by atoms with E-state index in [4.69, 9.17) is 9.84 Å². The smallest absolute Gasteiger partial charge is 0.309 e. The minimum absolute atomic E-state index is 0.123. The summed E-state index contributed by atoms with van der Waals surface area (Å²) in [5.41, 5.74) is -0.690. The van der Waals surface area contributed by atoms with E-state index in [2.05, 4.69) is 4.90 Å². The minimum atomic E-state index is -0.755. The van der Waals surface area contributed by atoms with Crippen LogP contribution in [0.1, 0.15) is 33.1 Å².